The van der Waals surface area contributed by atoms with Crippen LogP contribution in [0.5, 0.6) is 17.2 Å². The molecule has 4 nitrogen and oxygen atoms in total. The third-order valence-corrected chi connectivity index (χ3v) is 4.09. The normalized spacial score (nSPS) is 10.0. The number of benzene rings is 2. The predicted molar refractivity (Wildman–Crippen MR) is 103 cm³/mol. The second kappa shape index (κ2) is 10.4. The maximum Gasteiger partial charge on any atom is 0.160 e. The van der Waals surface area contributed by atoms with Gasteiger partial charge in [-0.1, -0.05) is 22.0 Å². The molecular formula is C18H23BrClNO3. The Morgan fingerprint density at radius 1 is 0.875 bits per heavy atom. The average Bonchev–Trinajstić information content (AvgIpc) is 2.58. The van der Waals surface area contributed by atoms with Crippen molar-refractivity contribution < 1.29 is 14.2 Å². The van der Waals surface area contributed by atoms with Gasteiger partial charge < -0.3 is 19.5 Å². The highest BCUT2D eigenvalue weighted by Crippen LogP contribution is 2.27. The molecule has 0 radical (unpaired) electrons. The average molecular weight is 417 g/mol. The van der Waals surface area contributed by atoms with Gasteiger partial charge >= 0.3 is 0 Å². The fraction of sp³-hybridized carbons (Fsp3) is 0.333. The van der Waals surface area contributed by atoms with Crippen LogP contribution in [0.1, 0.15) is 11.1 Å². The van der Waals surface area contributed by atoms with Gasteiger partial charge in [-0.2, -0.15) is 0 Å². The van der Waals surface area contributed by atoms with Crippen LogP contribution < -0.4 is 19.5 Å². The van der Waals surface area contributed by atoms with E-state index in [2.05, 4.69) is 33.4 Å². The van der Waals surface area contributed by atoms with Crippen molar-refractivity contribution in [1.82, 2.24) is 5.32 Å². The van der Waals surface area contributed by atoms with Gasteiger partial charge in [0.15, 0.2) is 11.5 Å². The van der Waals surface area contributed by atoms with E-state index in [-0.39, 0.29) is 12.4 Å². The number of halogens is 2. The van der Waals surface area contributed by atoms with E-state index >= 15 is 0 Å². The molecule has 0 saturated heterocycles. The Hall–Kier alpha value is -1.43. The molecule has 0 heterocycles. The summed E-state index contributed by atoms with van der Waals surface area (Å²) in [6.45, 7) is 1.63. The Labute approximate surface area is 158 Å². The van der Waals surface area contributed by atoms with Crippen molar-refractivity contribution in [2.24, 2.45) is 0 Å². The molecule has 0 aliphatic rings. The summed E-state index contributed by atoms with van der Waals surface area (Å²) >= 11 is 3.49. The van der Waals surface area contributed by atoms with E-state index in [9.17, 15) is 0 Å². The number of hydrogen-bond acceptors (Lipinski definition) is 4. The van der Waals surface area contributed by atoms with Crippen molar-refractivity contribution in [3.8, 4) is 17.2 Å². The lowest BCUT2D eigenvalue weighted by Gasteiger charge is -2.11. The summed E-state index contributed by atoms with van der Waals surface area (Å²) in [4.78, 5) is 0. The second-order valence-corrected chi connectivity index (χ2v) is 5.99. The van der Waals surface area contributed by atoms with E-state index in [1.807, 2.05) is 24.3 Å². The number of ether oxygens (including phenoxy) is 3. The molecule has 2 aromatic carbocycles. The van der Waals surface area contributed by atoms with Crippen LogP contribution in [-0.2, 0) is 13.0 Å². The van der Waals surface area contributed by atoms with Crippen LogP contribution in [0.25, 0.3) is 0 Å². The molecule has 132 valence electrons. The standard InChI is InChI=1S/C18H22BrNO3.ClH/c1-21-16-7-5-15(19)11-14(16)12-20-9-8-13-4-6-17(22-2)18(10-13)23-3;/h4-7,10-11,20H,8-9,12H2,1-3H3;1H. The molecule has 0 amide bonds. The smallest absolute Gasteiger partial charge is 0.160 e. The molecule has 0 aliphatic heterocycles. The van der Waals surface area contributed by atoms with Crippen LogP contribution in [0.2, 0.25) is 0 Å². The summed E-state index contributed by atoms with van der Waals surface area (Å²) in [6.07, 6.45) is 0.913. The summed E-state index contributed by atoms with van der Waals surface area (Å²) in [5.41, 5.74) is 2.34. The largest absolute Gasteiger partial charge is 0.496 e. The molecule has 24 heavy (non-hydrogen) atoms. The van der Waals surface area contributed by atoms with Crippen LogP contribution in [0.4, 0.5) is 0 Å². The zero-order valence-corrected chi connectivity index (χ0v) is 16.5. The number of rotatable bonds is 8. The first-order chi connectivity index (χ1) is 11.2. The molecule has 2 rings (SSSR count). The number of hydrogen-bond donors (Lipinski definition) is 1. The van der Waals surface area contributed by atoms with Crippen molar-refractivity contribution in [2.75, 3.05) is 27.9 Å². The minimum absolute atomic E-state index is 0. The number of methoxy groups -OCH3 is 3. The van der Waals surface area contributed by atoms with Crippen LogP contribution in [-0.4, -0.2) is 27.9 Å². The van der Waals surface area contributed by atoms with Gasteiger partial charge in [-0.05, 0) is 48.9 Å². The Bertz CT molecular complexity index is 652. The highest BCUT2D eigenvalue weighted by atomic mass is 79.9. The Kier molecular flexibility index (Phi) is 8.97. The molecule has 0 spiro atoms. The minimum Gasteiger partial charge on any atom is -0.496 e. The van der Waals surface area contributed by atoms with Gasteiger partial charge in [0.25, 0.3) is 0 Å². The van der Waals surface area contributed by atoms with Gasteiger partial charge in [0.05, 0.1) is 21.3 Å². The van der Waals surface area contributed by atoms with Gasteiger partial charge in [-0.25, -0.2) is 0 Å². The Morgan fingerprint density at radius 2 is 1.54 bits per heavy atom. The van der Waals surface area contributed by atoms with Crippen molar-refractivity contribution in [1.29, 1.82) is 0 Å². The van der Waals surface area contributed by atoms with Crippen molar-refractivity contribution in [3.63, 3.8) is 0 Å². The molecule has 0 fully saturated rings. The SMILES string of the molecule is COc1ccc(Br)cc1CNCCc1ccc(OC)c(OC)c1.Cl. The molecular weight excluding hydrogens is 394 g/mol. The first kappa shape index (κ1) is 20.6. The summed E-state index contributed by atoms with van der Waals surface area (Å²) in [5, 5.41) is 3.45. The molecule has 0 aromatic heterocycles. The first-order valence-corrected chi connectivity index (χ1v) is 8.21. The van der Waals surface area contributed by atoms with E-state index in [0.717, 1.165) is 46.8 Å². The van der Waals surface area contributed by atoms with Crippen LogP contribution >= 0.6 is 28.3 Å². The van der Waals surface area contributed by atoms with Crippen LogP contribution in [0.3, 0.4) is 0 Å². The molecule has 0 saturated carbocycles. The topological polar surface area (TPSA) is 39.7 Å². The second-order valence-electron chi connectivity index (χ2n) is 5.07. The Morgan fingerprint density at radius 3 is 2.21 bits per heavy atom. The molecule has 0 atom stereocenters. The summed E-state index contributed by atoms with van der Waals surface area (Å²) in [5.74, 6) is 2.41. The highest BCUT2D eigenvalue weighted by Gasteiger charge is 2.06. The van der Waals surface area contributed by atoms with E-state index in [0.29, 0.717) is 0 Å². The summed E-state index contributed by atoms with van der Waals surface area (Å²) in [6, 6.07) is 12.0. The molecule has 1 N–H and O–H groups in total. The molecule has 2 aromatic rings. The summed E-state index contributed by atoms with van der Waals surface area (Å²) < 4.78 is 17.0. The predicted octanol–water partition coefficient (Wildman–Crippen LogP) is 4.23. The maximum atomic E-state index is 5.38. The van der Waals surface area contributed by atoms with Crippen molar-refractivity contribution in [3.05, 3.63) is 52.0 Å². The van der Waals surface area contributed by atoms with E-state index in [4.69, 9.17) is 14.2 Å². The monoisotopic (exact) mass is 415 g/mol. The minimum atomic E-state index is 0. The fourth-order valence-corrected chi connectivity index (χ4v) is 2.79. The third kappa shape index (κ3) is 5.58. The highest BCUT2D eigenvalue weighted by molar-refractivity contribution is 9.10. The van der Waals surface area contributed by atoms with Crippen LogP contribution in [0, 0.1) is 0 Å². The first-order valence-electron chi connectivity index (χ1n) is 7.42. The quantitative estimate of drug-likeness (QED) is 0.654. The van der Waals surface area contributed by atoms with E-state index in [1.165, 1.54) is 5.56 Å². The van der Waals surface area contributed by atoms with Crippen molar-refractivity contribution in [2.45, 2.75) is 13.0 Å². The summed E-state index contributed by atoms with van der Waals surface area (Å²) in [7, 11) is 4.99. The fourth-order valence-electron chi connectivity index (χ4n) is 2.38. The van der Waals surface area contributed by atoms with E-state index < -0.39 is 0 Å². The van der Waals surface area contributed by atoms with Gasteiger partial charge in [-0.15, -0.1) is 12.4 Å². The Balaban J connectivity index is 0.00000288. The lowest BCUT2D eigenvalue weighted by Crippen LogP contribution is -2.17. The lowest BCUT2D eigenvalue weighted by molar-refractivity contribution is 0.354. The van der Waals surface area contributed by atoms with Gasteiger partial charge in [0.2, 0.25) is 0 Å². The maximum absolute atomic E-state index is 5.38. The molecule has 6 heteroatoms. The molecule has 0 unspecified atom stereocenters. The third-order valence-electron chi connectivity index (χ3n) is 3.60. The zero-order valence-electron chi connectivity index (χ0n) is 14.1. The van der Waals surface area contributed by atoms with Gasteiger partial charge in [0.1, 0.15) is 5.75 Å². The molecule has 0 bridgehead atoms. The van der Waals surface area contributed by atoms with Gasteiger partial charge in [0, 0.05) is 16.6 Å². The van der Waals surface area contributed by atoms with E-state index in [1.54, 1.807) is 21.3 Å². The lowest BCUT2D eigenvalue weighted by atomic mass is 10.1. The van der Waals surface area contributed by atoms with Gasteiger partial charge in [-0.3, -0.25) is 0 Å². The van der Waals surface area contributed by atoms with Crippen LogP contribution in [0.15, 0.2) is 40.9 Å². The number of nitrogens with one attached hydrogen (secondary N) is 1. The van der Waals surface area contributed by atoms with Crippen molar-refractivity contribution >= 4 is 28.3 Å². The zero-order chi connectivity index (χ0) is 16.7. The molecule has 0 aliphatic carbocycles.